The van der Waals surface area contributed by atoms with E-state index in [1.807, 2.05) is 0 Å². The molecule has 94 valence electrons. The Balaban J connectivity index is 2.50. The van der Waals surface area contributed by atoms with E-state index in [1.54, 1.807) is 0 Å². The Bertz CT molecular complexity index is 611. The number of carboxylic acids is 1. The molecule has 18 heavy (non-hydrogen) atoms. The van der Waals surface area contributed by atoms with Crippen LogP contribution in [0, 0.1) is 5.82 Å². The quantitative estimate of drug-likeness (QED) is 0.942. The number of halogens is 2. The van der Waals surface area contributed by atoms with Crippen LogP contribution in [-0.4, -0.2) is 23.3 Å². The fourth-order valence-electron chi connectivity index (χ4n) is 1.39. The molecule has 0 fully saturated rings. The molecule has 0 radical (unpaired) electrons. The van der Waals surface area contributed by atoms with Crippen molar-refractivity contribution in [1.29, 1.82) is 0 Å². The summed E-state index contributed by atoms with van der Waals surface area (Å²) in [6, 6.07) is 4.12. The van der Waals surface area contributed by atoms with Gasteiger partial charge in [0.2, 0.25) is 5.76 Å². The van der Waals surface area contributed by atoms with Gasteiger partial charge in [-0.15, -0.1) is 0 Å². The van der Waals surface area contributed by atoms with Crippen LogP contribution in [0.25, 0.3) is 11.3 Å². The molecule has 5 nitrogen and oxygen atoms in total. The van der Waals surface area contributed by atoms with Gasteiger partial charge < -0.3 is 14.4 Å². The van der Waals surface area contributed by atoms with Crippen LogP contribution in [0.2, 0.25) is 0 Å². The van der Waals surface area contributed by atoms with Gasteiger partial charge in [0, 0.05) is 11.6 Å². The number of carboxylic acid groups (broad SMARTS) is 1. The third kappa shape index (κ3) is 2.08. The number of aromatic nitrogens is 1. The van der Waals surface area contributed by atoms with Crippen LogP contribution >= 0.6 is 15.9 Å². The molecule has 0 bridgehead atoms. The lowest BCUT2D eigenvalue weighted by Crippen LogP contribution is -1.92. The lowest BCUT2D eigenvalue weighted by Gasteiger charge is -2.06. The van der Waals surface area contributed by atoms with Gasteiger partial charge in [-0.25, -0.2) is 9.18 Å². The van der Waals surface area contributed by atoms with Crippen LogP contribution in [0.1, 0.15) is 10.6 Å². The lowest BCUT2D eigenvalue weighted by atomic mass is 10.1. The average molecular weight is 316 g/mol. The molecular formula is C11H7BrFNO4. The van der Waals surface area contributed by atoms with Crippen molar-refractivity contribution in [2.24, 2.45) is 0 Å². The van der Waals surface area contributed by atoms with E-state index >= 15 is 0 Å². The largest absolute Gasteiger partial charge is 0.495 e. The van der Waals surface area contributed by atoms with Crippen molar-refractivity contribution in [3.05, 3.63) is 34.2 Å². The fraction of sp³-hybridized carbons (Fsp3) is 0.0909. The minimum absolute atomic E-state index is 0.105. The number of nitrogens with zero attached hydrogens (tertiary/aromatic N) is 1. The second kappa shape index (κ2) is 4.77. The van der Waals surface area contributed by atoms with Crippen molar-refractivity contribution in [3.63, 3.8) is 0 Å². The summed E-state index contributed by atoms with van der Waals surface area (Å²) >= 11 is 3.05. The van der Waals surface area contributed by atoms with Gasteiger partial charge in [-0.1, -0.05) is 5.16 Å². The number of hydrogen-bond acceptors (Lipinski definition) is 4. The zero-order valence-electron chi connectivity index (χ0n) is 9.11. The molecule has 0 aliphatic carbocycles. The molecule has 0 aliphatic heterocycles. The first-order chi connectivity index (χ1) is 8.54. The normalized spacial score (nSPS) is 10.4. The summed E-state index contributed by atoms with van der Waals surface area (Å²) in [5.41, 5.74) is 0.229. The lowest BCUT2D eigenvalue weighted by molar-refractivity contribution is 0.0652. The highest BCUT2D eigenvalue weighted by molar-refractivity contribution is 9.10. The third-order valence-corrected chi connectivity index (χ3v) is 3.00. The molecule has 1 aromatic heterocycles. The van der Waals surface area contributed by atoms with Crippen molar-refractivity contribution < 1.29 is 23.6 Å². The Labute approximate surface area is 109 Å². The first-order valence-corrected chi connectivity index (χ1v) is 5.56. The highest BCUT2D eigenvalue weighted by Crippen LogP contribution is 2.34. The van der Waals surface area contributed by atoms with E-state index in [1.165, 1.54) is 19.2 Å². The Morgan fingerprint density at radius 2 is 2.28 bits per heavy atom. The van der Waals surface area contributed by atoms with Crippen LogP contribution in [0.3, 0.4) is 0 Å². The highest BCUT2D eigenvalue weighted by atomic mass is 79.9. The minimum atomic E-state index is -1.26. The summed E-state index contributed by atoms with van der Waals surface area (Å²) in [7, 11) is 1.41. The minimum Gasteiger partial charge on any atom is -0.495 e. The second-order valence-corrected chi connectivity index (χ2v) is 4.12. The molecule has 7 heteroatoms. The summed E-state index contributed by atoms with van der Waals surface area (Å²) in [5, 5.41) is 12.2. The van der Waals surface area contributed by atoms with Crippen LogP contribution in [0.4, 0.5) is 4.39 Å². The topological polar surface area (TPSA) is 72.6 Å². The van der Waals surface area contributed by atoms with E-state index in [-0.39, 0.29) is 21.5 Å². The molecule has 0 atom stereocenters. The standard InChI is InChI=1S/C11H7BrFNO4/c1-17-7-3-2-5(10(13)9(7)12)6-4-8(11(15)16)18-14-6/h2-4H,1H3,(H,15,16). The maximum Gasteiger partial charge on any atom is 0.374 e. The van der Waals surface area contributed by atoms with Crippen LogP contribution in [0.15, 0.2) is 27.2 Å². The van der Waals surface area contributed by atoms with Gasteiger partial charge in [0.15, 0.2) is 5.82 Å². The molecular weight excluding hydrogens is 309 g/mol. The maximum atomic E-state index is 14.0. The summed E-state index contributed by atoms with van der Waals surface area (Å²) in [4.78, 5) is 10.6. The average Bonchev–Trinajstić information content (AvgIpc) is 2.82. The maximum absolute atomic E-state index is 14.0. The molecule has 2 rings (SSSR count). The fourth-order valence-corrected chi connectivity index (χ4v) is 1.90. The van der Waals surface area contributed by atoms with Gasteiger partial charge >= 0.3 is 5.97 Å². The zero-order chi connectivity index (χ0) is 13.3. The Hall–Kier alpha value is -1.89. The number of rotatable bonds is 3. The number of benzene rings is 1. The summed E-state index contributed by atoms with van der Waals surface area (Å²) in [6.07, 6.45) is 0. The van der Waals surface area contributed by atoms with Gasteiger partial charge in [-0.05, 0) is 28.1 Å². The van der Waals surface area contributed by atoms with Crippen molar-refractivity contribution in [1.82, 2.24) is 5.16 Å². The molecule has 0 saturated carbocycles. The van der Waals surface area contributed by atoms with Gasteiger partial charge in [0.1, 0.15) is 11.4 Å². The second-order valence-electron chi connectivity index (χ2n) is 3.32. The smallest absolute Gasteiger partial charge is 0.374 e. The van der Waals surface area contributed by atoms with Gasteiger partial charge in [-0.3, -0.25) is 0 Å². The molecule has 1 heterocycles. The Morgan fingerprint density at radius 1 is 1.56 bits per heavy atom. The van der Waals surface area contributed by atoms with E-state index in [9.17, 15) is 9.18 Å². The van der Waals surface area contributed by atoms with E-state index in [4.69, 9.17) is 9.84 Å². The van der Waals surface area contributed by atoms with Crippen molar-refractivity contribution in [2.75, 3.05) is 7.11 Å². The predicted molar refractivity (Wildman–Crippen MR) is 63.1 cm³/mol. The molecule has 0 saturated heterocycles. The molecule has 0 spiro atoms. The molecule has 1 aromatic carbocycles. The van der Waals surface area contributed by atoms with Crippen LogP contribution in [0.5, 0.6) is 5.75 Å². The first kappa shape index (κ1) is 12.6. The summed E-state index contributed by atoms with van der Waals surface area (Å²) in [6.45, 7) is 0. The van der Waals surface area contributed by atoms with Crippen molar-refractivity contribution >= 4 is 21.9 Å². The van der Waals surface area contributed by atoms with Crippen LogP contribution in [-0.2, 0) is 0 Å². The Kier molecular flexibility index (Phi) is 3.33. The molecule has 0 aliphatic rings. The van der Waals surface area contributed by atoms with E-state index < -0.39 is 11.8 Å². The molecule has 0 unspecified atom stereocenters. The van der Waals surface area contributed by atoms with Gasteiger partial charge in [0.25, 0.3) is 0 Å². The number of methoxy groups -OCH3 is 1. The predicted octanol–water partition coefficient (Wildman–Crippen LogP) is 2.95. The van der Waals surface area contributed by atoms with Crippen molar-refractivity contribution in [3.8, 4) is 17.0 Å². The number of carbonyl (C=O) groups is 1. The SMILES string of the molecule is COc1ccc(-c2cc(C(=O)O)on2)c(F)c1Br. The van der Waals surface area contributed by atoms with E-state index in [0.717, 1.165) is 6.07 Å². The van der Waals surface area contributed by atoms with Gasteiger partial charge in [0.05, 0.1) is 11.6 Å². The first-order valence-electron chi connectivity index (χ1n) is 4.77. The zero-order valence-corrected chi connectivity index (χ0v) is 10.7. The molecule has 2 aromatic rings. The monoisotopic (exact) mass is 315 g/mol. The van der Waals surface area contributed by atoms with E-state index in [0.29, 0.717) is 5.75 Å². The molecule has 0 amide bonds. The van der Waals surface area contributed by atoms with Crippen molar-refractivity contribution in [2.45, 2.75) is 0 Å². The molecule has 1 N–H and O–H groups in total. The number of ether oxygens (including phenoxy) is 1. The van der Waals surface area contributed by atoms with E-state index in [2.05, 4.69) is 25.6 Å². The highest BCUT2D eigenvalue weighted by Gasteiger charge is 2.18. The third-order valence-electron chi connectivity index (χ3n) is 2.26. The van der Waals surface area contributed by atoms with Crippen LogP contribution < -0.4 is 4.74 Å². The number of hydrogen-bond donors (Lipinski definition) is 1. The summed E-state index contributed by atoms with van der Waals surface area (Å²) < 4.78 is 23.6. The summed E-state index contributed by atoms with van der Waals surface area (Å²) in [5.74, 6) is -1.88. The van der Waals surface area contributed by atoms with Gasteiger partial charge in [-0.2, -0.15) is 0 Å². The Morgan fingerprint density at radius 3 is 2.83 bits per heavy atom. The number of aromatic carboxylic acids is 1.